The lowest BCUT2D eigenvalue weighted by Crippen LogP contribution is -2.46. The fourth-order valence-corrected chi connectivity index (χ4v) is 0.612. The first-order chi connectivity index (χ1) is 7.71. The predicted octanol–water partition coefficient (Wildman–Crippen LogP) is 0.0370. The van der Waals surface area contributed by atoms with Crippen LogP contribution < -0.4 is 0 Å². The van der Waals surface area contributed by atoms with Gasteiger partial charge in [-0.2, -0.15) is 0 Å². The second kappa shape index (κ2) is 4.91. The van der Waals surface area contributed by atoms with Crippen molar-refractivity contribution in [1.29, 1.82) is 0 Å². The SMILES string of the molecule is CC(C)(O)C(C)(O)C#CC#CC(C)(O)C(C)(C)O. The number of hydrogen-bond acceptors (Lipinski definition) is 4. The van der Waals surface area contributed by atoms with Gasteiger partial charge in [0.05, 0.1) is 11.2 Å². The summed E-state index contributed by atoms with van der Waals surface area (Å²) in [5.74, 6) is 9.56. The first kappa shape index (κ1) is 17.0. The summed E-state index contributed by atoms with van der Waals surface area (Å²) in [6, 6.07) is 0. The molecule has 0 amide bonds. The third-order valence-electron chi connectivity index (χ3n) is 3.06. The lowest BCUT2D eigenvalue weighted by Gasteiger charge is -2.30. The molecule has 0 aliphatic heterocycles. The summed E-state index contributed by atoms with van der Waals surface area (Å²) >= 11 is 0. The zero-order valence-electron chi connectivity index (χ0n) is 11.8. The van der Waals surface area contributed by atoms with E-state index in [0.717, 1.165) is 0 Å². The highest BCUT2D eigenvalue weighted by molar-refractivity contribution is 5.34. The van der Waals surface area contributed by atoms with Gasteiger partial charge in [-0.15, -0.1) is 0 Å². The molecule has 0 aromatic rings. The Kier molecular flexibility index (Phi) is 4.63. The number of rotatable bonds is 2. The molecule has 0 heterocycles. The smallest absolute Gasteiger partial charge is 0.151 e. The molecule has 4 nitrogen and oxygen atoms in total. The number of hydrogen-bond donors (Lipinski definition) is 4. The molecule has 2 unspecified atom stereocenters. The van der Waals surface area contributed by atoms with Crippen LogP contribution in [0.5, 0.6) is 0 Å². The van der Waals surface area contributed by atoms with E-state index in [1.807, 2.05) is 0 Å². The molecular weight excluding hydrogens is 232 g/mol. The molecule has 0 aliphatic carbocycles. The monoisotopic (exact) mass is 254 g/mol. The van der Waals surface area contributed by atoms with Gasteiger partial charge in [0.1, 0.15) is 0 Å². The van der Waals surface area contributed by atoms with Crippen molar-refractivity contribution in [3.63, 3.8) is 0 Å². The van der Waals surface area contributed by atoms with Crippen LogP contribution >= 0.6 is 0 Å². The molecule has 0 aliphatic rings. The Bertz CT molecular complexity index is 369. The van der Waals surface area contributed by atoms with E-state index in [9.17, 15) is 20.4 Å². The summed E-state index contributed by atoms with van der Waals surface area (Å²) < 4.78 is 0. The molecule has 0 radical (unpaired) electrons. The molecule has 0 saturated carbocycles. The summed E-state index contributed by atoms with van der Waals surface area (Å²) in [6.45, 7) is 8.47. The van der Waals surface area contributed by atoms with Crippen LogP contribution in [0.4, 0.5) is 0 Å². The van der Waals surface area contributed by atoms with Crippen molar-refractivity contribution in [2.45, 2.75) is 63.9 Å². The normalized spacial score (nSPS) is 18.6. The van der Waals surface area contributed by atoms with Crippen molar-refractivity contribution in [1.82, 2.24) is 0 Å². The fraction of sp³-hybridized carbons (Fsp3) is 0.714. The third kappa shape index (κ3) is 4.33. The molecule has 4 N–H and O–H groups in total. The second-order valence-electron chi connectivity index (χ2n) is 5.76. The molecule has 0 fully saturated rings. The van der Waals surface area contributed by atoms with E-state index in [1.54, 1.807) is 0 Å². The first-order valence-electron chi connectivity index (χ1n) is 5.64. The van der Waals surface area contributed by atoms with Crippen molar-refractivity contribution < 1.29 is 20.4 Å². The van der Waals surface area contributed by atoms with Crippen LogP contribution in [0, 0.1) is 23.7 Å². The standard InChI is InChI=1S/C14H22O4/c1-11(2,15)13(5,17)9-7-8-10-14(6,18)12(3,4)16/h15-18H,1-6H3. The van der Waals surface area contributed by atoms with Gasteiger partial charge in [-0.3, -0.25) is 0 Å². The van der Waals surface area contributed by atoms with Crippen LogP contribution in [0.3, 0.4) is 0 Å². The maximum absolute atomic E-state index is 9.84. The maximum atomic E-state index is 9.84. The van der Waals surface area contributed by atoms with Gasteiger partial charge in [-0.1, -0.05) is 11.8 Å². The average Bonchev–Trinajstić information content (AvgIpc) is 2.08. The van der Waals surface area contributed by atoms with Crippen molar-refractivity contribution >= 4 is 0 Å². The van der Waals surface area contributed by atoms with E-state index in [4.69, 9.17) is 0 Å². The van der Waals surface area contributed by atoms with Crippen molar-refractivity contribution in [2.75, 3.05) is 0 Å². The van der Waals surface area contributed by atoms with Gasteiger partial charge in [0.25, 0.3) is 0 Å². The Morgan fingerprint density at radius 2 is 0.778 bits per heavy atom. The highest BCUT2D eigenvalue weighted by Gasteiger charge is 2.36. The summed E-state index contributed by atoms with van der Waals surface area (Å²) in [6.07, 6.45) is 0. The molecule has 0 spiro atoms. The molecule has 4 heteroatoms. The van der Waals surface area contributed by atoms with Gasteiger partial charge in [0.2, 0.25) is 0 Å². The van der Waals surface area contributed by atoms with Crippen LogP contribution in [-0.2, 0) is 0 Å². The van der Waals surface area contributed by atoms with Gasteiger partial charge in [-0.25, -0.2) is 0 Å². The Balaban J connectivity index is 5.05. The quantitative estimate of drug-likeness (QED) is 0.524. The fourth-order valence-electron chi connectivity index (χ4n) is 0.612. The molecule has 0 bridgehead atoms. The third-order valence-corrected chi connectivity index (χ3v) is 3.06. The summed E-state index contributed by atoms with van der Waals surface area (Å²) in [4.78, 5) is 0. The van der Waals surface area contributed by atoms with E-state index in [-0.39, 0.29) is 0 Å². The molecule has 18 heavy (non-hydrogen) atoms. The van der Waals surface area contributed by atoms with Crippen LogP contribution in [0.15, 0.2) is 0 Å². The Morgan fingerprint density at radius 3 is 0.944 bits per heavy atom. The molecule has 0 rings (SSSR count). The van der Waals surface area contributed by atoms with E-state index < -0.39 is 22.4 Å². The van der Waals surface area contributed by atoms with Crippen molar-refractivity contribution in [3.05, 3.63) is 0 Å². The largest absolute Gasteiger partial charge is 0.386 e. The Labute approximate surface area is 109 Å². The van der Waals surface area contributed by atoms with E-state index in [0.29, 0.717) is 0 Å². The summed E-state index contributed by atoms with van der Waals surface area (Å²) in [5, 5.41) is 39.0. The molecule has 0 saturated heterocycles. The van der Waals surface area contributed by atoms with Gasteiger partial charge in [0, 0.05) is 0 Å². The first-order valence-corrected chi connectivity index (χ1v) is 5.64. The minimum absolute atomic E-state index is 1.37. The van der Waals surface area contributed by atoms with E-state index >= 15 is 0 Å². The minimum Gasteiger partial charge on any atom is -0.386 e. The minimum atomic E-state index is -1.61. The van der Waals surface area contributed by atoms with Gasteiger partial charge >= 0.3 is 0 Å². The predicted molar refractivity (Wildman–Crippen MR) is 69.4 cm³/mol. The van der Waals surface area contributed by atoms with Gasteiger partial charge in [0.15, 0.2) is 11.2 Å². The highest BCUT2D eigenvalue weighted by Crippen LogP contribution is 2.20. The lowest BCUT2D eigenvalue weighted by atomic mass is 9.88. The van der Waals surface area contributed by atoms with Gasteiger partial charge < -0.3 is 20.4 Å². The lowest BCUT2D eigenvalue weighted by molar-refractivity contribution is -0.0823. The zero-order chi connectivity index (χ0) is 14.8. The van der Waals surface area contributed by atoms with Crippen LogP contribution in [-0.4, -0.2) is 42.8 Å². The van der Waals surface area contributed by atoms with Gasteiger partial charge in [-0.05, 0) is 53.4 Å². The number of aliphatic hydroxyl groups is 4. The van der Waals surface area contributed by atoms with Crippen molar-refractivity contribution in [3.8, 4) is 23.7 Å². The molecule has 0 aromatic carbocycles. The molecule has 2 atom stereocenters. The molecular formula is C14H22O4. The highest BCUT2D eigenvalue weighted by atomic mass is 16.4. The second-order valence-corrected chi connectivity index (χ2v) is 5.76. The Morgan fingerprint density at radius 1 is 0.556 bits per heavy atom. The van der Waals surface area contributed by atoms with Crippen LogP contribution in [0.25, 0.3) is 0 Å². The summed E-state index contributed by atoms with van der Waals surface area (Å²) in [5.41, 5.74) is -5.99. The maximum Gasteiger partial charge on any atom is 0.151 e. The van der Waals surface area contributed by atoms with Crippen LogP contribution in [0.1, 0.15) is 41.5 Å². The average molecular weight is 254 g/mol. The molecule has 0 aromatic heterocycles. The van der Waals surface area contributed by atoms with Crippen molar-refractivity contribution in [2.24, 2.45) is 0 Å². The van der Waals surface area contributed by atoms with Crippen LogP contribution in [0.2, 0.25) is 0 Å². The summed E-state index contributed by atoms with van der Waals surface area (Å²) in [7, 11) is 0. The Hall–Kier alpha value is -1.04. The zero-order valence-corrected chi connectivity index (χ0v) is 11.8. The topological polar surface area (TPSA) is 80.9 Å². The molecule has 102 valence electrons. The van der Waals surface area contributed by atoms with E-state index in [1.165, 1.54) is 41.5 Å². The van der Waals surface area contributed by atoms with E-state index in [2.05, 4.69) is 23.7 Å².